The number of rotatable bonds is 12. The van der Waals surface area contributed by atoms with Gasteiger partial charge in [-0.3, -0.25) is 0 Å². The van der Waals surface area contributed by atoms with Crippen molar-refractivity contribution in [2.24, 2.45) is 0 Å². The van der Waals surface area contributed by atoms with Crippen LogP contribution in [0, 0.1) is 0 Å². The topological polar surface area (TPSA) is 18.5 Å². The van der Waals surface area contributed by atoms with Crippen LogP contribution >= 0.6 is 0 Å². The van der Waals surface area contributed by atoms with Crippen molar-refractivity contribution in [3.8, 4) is 0 Å². The summed E-state index contributed by atoms with van der Waals surface area (Å²) in [4.78, 5) is 0. The van der Waals surface area contributed by atoms with Gasteiger partial charge in [0.05, 0.1) is 0 Å². The summed E-state index contributed by atoms with van der Waals surface area (Å²) < 4.78 is 137. The van der Waals surface area contributed by atoms with E-state index in [0.29, 0.717) is 0 Å². The molecule has 0 aliphatic rings. The summed E-state index contributed by atoms with van der Waals surface area (Å²) >= 11 is -8.37. The van der Waals surface area contributed by atoms with Crippen molar-refractivity contribution in [2.75, 3.05) is 13.2 Å². The van der Waals surface area contributed by atoms with E-state index in [1.54, 1.807) is 0 Å². The molecule has 0 aliphatic heterocycles. The predicted octanol–water partition coefficient (Wildman–Crippen LogP) is 5.62. The molecule has 0 spiro atoms. The minimum atomic E-state index is -8.37. The zero-order valence-electron chi connectivity index (χ0n) is 15.1. The maximum absolute atomic E-state index is 14.6. The zero-order valence-corrected chi connectivity index (χ0v) is 17.9. The Morgan fingerprint density at radius 2 is 0.926 bits per heavy atom. The molecular weight excluding hydrogens is 509 g/mol. The monoisotopic (exact) mass is 532 g/mol. The molecule has 0 aliphatic carbocycles. The van der Waals surface area contributed by atoms with E-state index in [1.165, 1.54) is 13.8 Å². The van der Waals surface area contributed by atoms with Gasteiger partial charge in [0.1, 0.15) is 0 Å². The first-order valence-corrected chi connectivity index (χ1v) is 13.3. The van der Waals surface area contributed by atoms with Crippen LogP contribution in [0.15, 0.2) is 0 Å². The van der Waals surface area contributed by atoms with Gasteiger partial charge in [0.25, 0.3) is 0 Å². The van der Waals surface area contributed by atoms with Gasteiger partial charge < -0.3 is 0 Å². The summed E-state index contributed by atoms with van der Waals surface area (Å²) in [6.45, 7) is 0.213. The Bertz CT molecular complexity index is 429. The van der Waals surface area contributed by atoms with E-state index in [2.05, 4.69) is 6.15 Å². The summed E-state index contributed by atoms with van der Waals surface area (Å²) in [6.07, 6.45) is -7.97. The first-order chi connectivity index (χ1) is 12.0. The summed E-state index contributed by atoms with van der Waals surface area (Å²) in [6, 6.07) is 0. The van der Waals surface area contributed by atoms with Gasteiger partial charge in [-0.1, -0.05) is 0 Å². The summed E-state index contributed by atoms with van der Waals surface area (Å²) in [5.74, 6) is -11.6. The normalized spacial score (nSPS) is 17.1. The van der Waals surface area contributed by atoms with Crippen molar-refractivity contribution in [1.82, 2.24) is 0 Å². The van der Waals surface area contributed by atoms with E-state index in [0.717, 1.165) is 0 Å². The van der Waals surface area contributed by atoms with Crippen LogP contribution in [0.4, 0.5) is 43.9 Å². The predicted molar refractivity (Wildman–Crippen MR) is 79.2 cm³/mol. The summed E-state index contributed by atoms with van der Waals surface area (Å²) in [5, 5.41) is 0. The fourth-order valence-corrected chi connectivity index (χ4v) is 11.9. The molecule has 0 radical (unpaired) electrons. The quantitative estimate of drug-likeness (QED) is 0.241. The van der Waals surface area contributed by atoms with E-state index in [9.17, 15) is 43.9 Å². The van der Waals surface area contributed by atoms with Crippen LogP contribution in [0.3, 0.4) is 0 Å². The van der Waals surface area contributed by atoms with Gasteiger partial charge in [0, 0.05) is 0 Å². The van der Waals surface area contributed by atoms with Gasteiger partial charge in [-0.15, -0.1) is 0 Å². The third kappa shape index (κ3) is 4.46. The first kappa shape index (κ1) is 27.0. The molecule has 0 rings (SSSR count). The molecule has 0 saturated carbocycles. The van der Waals surface area contributed by atoms with Crippen molar-refractivity contribution in [3.05, 3.63) is 0 Å². The standard InChI is InChI=1S/2C4H4F5.2C3H7O.Sn/c2*1-2(5)4(8,9)3(6)7;2*1-2-3-4;/h2*2H,1H3;2*2-3H2,1H3;/q;;2*-1;+2. The minimum absolute atomic E-state index is 0.0434. The Morgan fingerprint density at radius 1 is 0.667 bits per heavy atom. The molecule has 2 unspecified atom stereocenters. The second-order valence-electron chi connectivity index (χ2n) is 5.94. The molecule has 0 bridgehead atoms. The number of hydrogen-bond donors (Lipinski definition) is 0. The van der Waals surface area contributed by atoms with Gasteiger partial charge in [-0.05, 0) is 0 Å². The second kappa shape index (κ2) is 9.22. The van der Waals surface area contributed by atoms with Crippen molar-refractivity contribution in [1.29, 1.82) is 0 Å². The van der Waals surface area contributed by atoms with Gasteiger partial charge in [0.2, 0.25) is 0 Å². The molecule has 0 aromatic rings. The average Bonchev–Trinajstić information content (AvgIpc) is 2.53. The van der Waals surface area contributed by atoms with Crippen LogP contribution in [-0.4, -0.2) is 64.5 Å². The van der Waals surface area contributed by atoms with E-state index in [-0.39, 0.29) is 26.7 Å². The van der Waals surface area contributed by atoms with Crippen molar-refractivity contribution in [2.45, 2.75) is 72.6 Å². The molecule has 0 saturated heterocycles. The van der Waals surface area contributed by atoms with E-state index >= 15 is 0 Å². The zero-order chi connectivity index (χ0) is 21.9. The fourth-order valence-electron chi connectivity index (χ4n) is 2.03. The van der Waals surface area contributed by atoms with Gasteiger partial charge >= 0.3 is 155 Å². The van der Waals surface area contributed by atoms with Crippen LogP contribution in [-0.2, 0) is 6.15 Å². The molecule has 2 atom stereocenters. The van der Waals surface area contributed by atoms with E-state index in [1.807, 2.05) is 0 Å². The number of hydrogen-bond acceptors (Lipinski definition) is 2. The van der Waals surface area contributed by atoms with E-state index in [4.69, 9.17) is 0 Å². The Hall–Kier alpha value is 0.0187. The Labute approximate surface area is 155 Å². The van der Waals surface area contributed by atoms with Crippen LogP contribution < -0.4 is 0 Å². The van der Waals surface area contributed by atoms with Crippen LogP contribution in [0.2, 0.25) is 0 Å². The molecular formula is C14H22F10O2Sn. The number of halogens is 10. The average molecular weight is 531 g/mol. The first-order valence-electron chi connectivity index (χ1n) is 8.08. The third-order valence-corrected chi connectivity index (χ3v) is 13.8. The molecule has 2 nitrogen and oxygen atoms in total. The Balaban J connectivity index is 6.87. The molecule has 27 heavy (non-hydrogen) atoms. The Kier molecular flexibility index (Phi) is 9.23. The molecule has 0 aromatic carbocycles. The molecule has 13 heteroatoms. The summed E-state index contributed by atoms with van der Waals surface area (Å²) in [5.41, 5.74) is 0. The fraction of sp³-hybridized carbons (Fsp3) is 1.00. The maximum atomic E-state index is 14.6. The number of alkyl halides is 10. The van der Waals surface area contributed by atoms with Crippen molar-refractivity contribution in [3.63, 3.8) is 0 Å². The summed E-state index contributed by atoms with van der Waals surface area (Å²) in [7, 11) is 0. The third-order valence-electron chi connectivity index (χ3n) is 3.68. The SMILES string of the molecule is CCC[O][Sn]([O]CCC)([C](F)(F)C(F)(F)C(C)F)[C](F)(F)C(F)(F)C(C)F. The molecule has 0 amide bonds. The molecule has 0 fully saturated rings. The van der Waals surface area contributed by atoms with Crippen LogP contribution in [0.5, 0.6) is 0 Å². The van der Waals surface area contributed by atoms with Crippen LogP contribution in [0.25, 0.3) is 0 Å². The van der Waals surface area contributed by atoms with Crippen molar-refractivity contribution >= 4 is 19.2 Å². The molecule has 0 N–H and O–H groups in total. The van der Waals surface area contributed by atoms with Crippen molar-refractivity contribution < 1.29 is 50.1 Å². The molecule has 0 aromatic heterocycles. The Morgan fingerprint density at radius 3 is 1.11 bits per heavy atom. The molecule has 164 valence electrons. The second-order valence-corrected chi connectivity index (χ2v) is 14.7. The van der Waals surface area contributed by atoms with Gasteiger partial charge in [0.15, 0.2) is 0 Å². The molecule has 0 heterocycles. The van der Waals surface area contributed by atoms with Crippen LogP contribution in [0.1, 0.15) is 40.5 Å². The van der Waals surface area contributed by atoms with Gasteiger partial charge in [-0.25, -0.2) is 0 Å². The van der Waals surface area contributed by atoms with E-state index < -0.39 is 64.5 Å². The van der Waals surface area contributed by atoms with Gasteiger partial charge in [-0.2, -0.15) is 0 Å².